The number of fused-ring (bicyclic) bond motifs is 1. The third-order valence-corrected chi connectivity index (χ3v) is 5.87. The summed E-state index contributed by atoms with van der Waals surface area (Å²) in [5, 5.41) is 6.02. The van der Waals surface area contributed by atoms with Crippen molar-refractivity contribution in [1.82, 2.24) is 9.97 Å². The van der Waals surface area contributed by atoms with Crippen molar-refractivity contribution in [3.05, 3.63) is 39.5 Å². The standard InChI is InChI=1S/C19H27N3S/c1-4-7-13-8-9-17-15(10-11-23-17)18(13)22-19-16(6-3)20-12-14(5-2)21-19/h10-13,18H,4-9H2,1-3H3,(H,21,22). The molecular weight excluding hydrogens is 302 g/mol. The van der Waals surface area contributed by atoms with Gasteiger partial charge in [-0.2, -0.15) is 0 Å². The molecule has 1 aliphatic rings. The molecule has 1 N–H and O–H groups in total. The lowest BCUT2D eigenvalue weighted by Gasteiger charge is -2.33. The van der Waals surface area contributed by atoms with Crippen molar-refractivity contribution < 1.29 is 0 Å². The number of hydrogen-bond acceptors (Lipinski definition) is 4. The predicted molar refractivity (Wildman–Crippen MR) is 98.2 cm³/mol. The lowest BCUT2D eigenvalue weighted by molar-refractivity contribution is 0.372. The highest BCUT2D eigenvalue weighted by Crippen LogP contribution is 2.41. The van der Waals surface area contributed by atoms with Gasteiger partial charge in [0.2, 0.25) is 0 Å². The molecule has 4 heteroatoms. The summed E-state index contributed by atoms with van der Waals surface area (Å²) in [5.41, 5.74) is 3.64. The number of nitrogens with zero attached hydrogens (tertiary/aromatic N) is 2. The van der Waals surface area contributed by atoms with Crippen LogP contribution in [0.3, 0.4) is 0 Å². The Balaban J connectivity index is 1.93. The third kappa shape index (κ3) is 3.42. The molecule has 0 bridgehead atoms. The molecule has 0 spiro atoms. The van der Waals surface area contributed by atoms with Crippen LogP contribution in [0.1, 0.15) is 67.9 Å². The van der Waals surface area contributed by atoms with Crippen molar-refractivity contribution in [1.29, 1.82) is 0 Å². The minimum absolute atomic E-state index is 0.386. The molecule has 1 aliphatic carbocycles. The van der Waals surface area contributed by atoms with E-state index in [4.69, 9.17) is 4.98 Å². The Morgan fingerprint density at radius 1 is 1.26 bits per heavy atom. The largest absolute Gasteiger partial charge is 0.361 e. The van der Waals surface area contributed by atoms with Gasteiger partial charge >= 0.3 is 0 Å². The molecule has 0 saturated carbocycles. The van der Waals surface area contributed by atoms with Gasteiger partial charge in [-0.15, -0.1) is 11.3 Å². The van der Waals surface area contributed by atoms with E-state index in [-0.39, 0.29) is 0 Å². The van der Waals surface area contributed by atoms with E-state index < -0.39 is 0 Å². The number of aryl methyl sites for hydroxylation is 3. The van der Waals surface area contributed by atoms with Crippen molar-refractivity contribution in [2.75, 3.05) is 5.32 Å². The van der Waals surface area contributed by atoms with Gasteiger partial charge in [0.05, 0.1) is 17.4 Å². The van der Waals surface area contributed by atoms with Gasteiger partial charge in [-0.25, -0.2) is 4.98 Å². The van der Waals surface area contributed by atoms with Gasteiger partial charge in [0, 0.05) is 11.1 Å². The summed E-state index contributed by atoms with van der Waals surface area (Å²) in [6, 6.07) is 2.69. The smallest absolute Gasteiger partial charge is 0.148 e. The molecule has 3 nitrogen and oxygen atoms in total. The number of thiophene rings is 1. The SMILES string of the molecule is CCCC1CCc2sccc2C1Nc1nc(CC)cnc1CC. The molecule has 2 aromatic rings. The van der Waals surface area contributed by atoms with Gasteiger partial charge in [-0.3, -0.25) is 4.98 Å². The fourth-order valence-electron chi connectivity index (χ4n) is 3.59. The zero-order chi connectivity index (χ0) is 16.2. The minimum atomic E-state index is 0.386. The van der Waals surface area contributed by atoms with Crippen LogP contribution in [0.2, 0.25) is 0 Å². The Hall–Kier alpha value is -1.42. The fourth-order valence-corrected chi connectivity index (χ4v) is 4.53. The van der Waals surface area contributed by atoms with Crippen LogP contribution in [-0.2, 0) is 19.3 Å². The van der Waals surface area contributed by atoms with Crippen LogP contribution in [0, 0.1) is 5.92 Å². The highest BCUT2D eigenvalue weighted by Gasteiger charge is 2.30. The molecule has 23 heavy (non-hydrogen) atoms. The lowest BCUT2D eigenvalue weighted by Crippen LogP contribution is -2.27. The summed E-state index contributed by atoms with van der Waals surface area (Å²) in [7, 11) is 0. The highest BCUT2D eigenvalue weighted by atomic mass is 32.1. The second-order valence-corrected chi connectivity index (χ2v) is 7.37. The van der Waals surface area contributed by atoms with Crippen LogP contribution in [0.5, 0.6) is 0 Å². The Kier molecular flexibility index (Phi) is 5.31. The molecule has 3 rings (SSSR count). The summed E-state index contributed by atoms with van der Waals surface area (Å²) in [4.78, 5) is 11.0. The molecule has 0 fully saturated rings. The number of aromatic nitrogens is 2. The van der Waals surface area contributed by atoms with Crippen molar-refractivity contribution in [2.24, 2.45) is 5.92 Å². The maximum absolute atomic E-state index is 4.84. The number of anilines is 1. The van der Waals surface area contributed by atoms with E-state index in [0.29, 0.717) is 12.0 Å². The average molecular weight is 330 g/mol. The molecule has 0 amide bonds. The molecule has 0 aromatic carbocycles. The number of nitrogens with one attached hydrogen (secondary N) is 1. The van der Waals surface area contributed by atoms with Crippen LogP contribution in [-0.4, -0.2) is 9.97 Å². The summed E-state index contributed by atoms with van der Waals surface area (Å²) in [6.07, 6.45) is 8.79. The molecule has 2 heterocycles. The van der Waals surface area contributed by atoms with Gasteiger partial charge in [0.25, 0.3) is 0 Å². The Labute approximate surface area is 143 Å². The molecule has 2 atom stereocenters. The molecule has 0 saturated heterocycles. The van der Waals surface area contributed by atoms with Crippen molar-refractivity contribution >= 4 is 17.2 Å². The Morgan fingerprint density at radius 3 is 2.87 bits per heavy atom. The van der Waals surface area contributed by atoms with Crippen molar-refractivity contribution in [2.45, 2.75) is 65.3 Å². The monoisotopic (exact) mass is 329 g/mol. The van der Waals surface area contributed by atoms with Crippen LogP contribution >= 0.6 is 11.3 Å². The first-order valence-electron chi connectivity index (χ1n) is 8.94. The van der Waals surface area contributed by atoms with Gasteiger partial charge in [-0.05, 0) is 55.0 Å². The van der Waals surface area contributed by atoms with E-state index in [1.165, 1.54) is 31.2 Å². The number of hydrogen-bond donors (Lipinski definition) is 1. The van der Waals surface area contributed by atoms with Crippen LogP contribution < -0.4 is 5.32 Å². The summed E-state index contributed by atoms with van der Waals surface area (Å²) in [5.74, 6) is 1.69. The second-order valence-electron chi connectivity index (χ2n) is 6.37. The lowest BCUT2D eigenvalue weighted by atomic mass is 9.81. The normalized spacial score (nSPS) is 20.3. The van der Waals surface area contributed by atoms with Gasteiger partial charge in [0.15, 0.2) is 0 Å². The topological polar surface area (TPSA) is 37.8 Å². The van der Waals surface area contributed by atoms with Crippen LogP contribution in [0.15, 0.2) is 17.6 Å². The number of rotatable bonds is 6. The van der Waals surface area contributed by atoms with E-state index >= 15 is 0 Å². The van der Waals surface area contributed by atoms with E-state index in [9.17, 15) is 0 Å². The highest BCUT2D eigenvalue weighted by molar-refractivity contribution is 7.10. The maximum atomic E-state index is 4.84. The molecule has 124 valence electrons. The van der Waals surface area contributed by atoms with Gasteiger partial charge in [0.1, 0.15) is 5.82 Å². The van der Waals surface area contributed by atoms with E-state index in [2.05, 4.69) is 42.5 Å². The molecule has 0 radical (unpaired) electrons. The quantitative estimate of drug-likeness (QED) is 0.793. The molecule has 2 unspecified atom stereocenters. The Morgan fingerprint density at radius 2 is 2.13 bits per heavy atom. The summed E-state index contributed by atoms with van der Waals surface area (Å²) >= 11 is 1.90. The van der Waals surface area contributed by atoms with Gasteiger partial charge < -0.3 is 5.32 Å². The first kappa shape index (κ1) is 16.4. The molecule has 0 aliphatic heterocycles. The van der Waals surface area contributed by atoms with Crippen LogP contribution in [0.4, 0.5) is 5.82 Å². The first-order valence-corrected chi connectivity index (χ1v) is 9.82. The van der Waals surface area contributed by atoms with E-state index in [0.717, 1.165) is 30.0 Å². The van der Waals surface area contributed by atoms with Gasteiger partial charge in [-0.1, -0.05) is 27.2 Å². The minimum Gasteiger partial charge on any atom is -0.361 e. The predicted octanol–water partition coefficient (Wildman–Crippen LogP) is 5.18. The fraction of sp³-hybridized carbons (Fsp3) is 0.579. The summed E-state index contributed by atoms with van der Waals surface area (Å²) < 4.78 is 0. The average Bonchev–Trinajstić information content (AvgIpc) is 3.06. The van der Waals surface area contributed by atoms with Crippen molar-refractivity contribution in [3.8, 4) is 0 Å². The zero-order valence-corrected chi connectivity index (χ0v) is 15.2. The zero-order valence-electron chi connectivity index (χ0n) is 14.4. The van der Waals surface area contributed by atoms with E-state index in [1.54, 1.807) is 4.88 Å². The van der Waals surface area contributed by atoms with Crippen LogP contribution in [0.25, 0.3) is 0 Å². The first-order chi connectivity index (χ1) is 11.3. The van der Waals surface area contributed by atoms with E-state index in [1.807, 2.05) is 17.5 Å². The molecule has 2 aromatic heterocycles. The molecular formula is C19H27N3S. The second kappa shape index (κ2) is 7.43. The maximum Gasteiger partial charge on any atom is 0.148 e. The van der Waals surface area contributed by atoms with Crippen molar-refractivity contribution in [3.63, 3.8) is 0 Å². The summed E-state index contributed by atoms with van der Waals surface area (Å²) in [6.45, 7) is 6.58. The Bertz CT molecular complexity index is 650. The third-order valence-electron chi connectivity index (χ3n) is 4.88.